The molecule has 2 atom stereocenters. The quantitative estimate of drug-likeness (QED) is 0.181. The molecule has 0 aliphatic carbocycles. The van der Waals surface area contributed by atoms with Crippen molar-refractivity contribution in [3.05, 3.63) is 82.4 Å². The molecule has 2 aromatic carbocycles. The zero-order valence-electron chi connectivity index (χ0n) is 23.3. The zero-order chi connectivity index (χ0) is 29.5. The SMILES string of the molecule is CC(C)=CC[C@@](C)(CO[C@H](C)c1cc(C(F)(F)F)cc(C(F)(F)F)c1)c1ccccc1.CC(C)P(C)(C)=O. The highest BCUT2D eigenvalue weighted by atomic mass is 31.2. The molecule has 0 unspecified atom stereocenters. The molecule has 0 fully saturated rings. The van der Waals surface area contributed by atoms with Gasteiger partial charge in [0.05, 0.1) is 31.0 Å². The summed E-state index contributed by atoms with van der Waals surface area (Å²) in [6.07, 6.45) is -8.09. The second kappa shape index (κ2) is 13.3. The van der Waals surface area contributed by atoms with Crippen LogP contribution in [0.3, 0.4) is 0 Å². The molecule has 0 radical (unpaired) electrons. The number of rotatable bonds is 8. The average Bonchev–Trinajstić information content (AvgIpc) is 2.80. The molecule has 0 aromatic heterocycles. The normalized spacial score (nSPS) is 14.8. The minimum absolute atomic E-state index is 0.124. The van der Waals surface area contributed by atoms with Gasteiger partial charge < -0.3 is 9.30 Å². The molecular formula is C29H39F6O2P. The van der Waals surface area contributed by atoms with Gasteiger partial charge in [0.15, 0.2) is 0 Å². The van der Waals surface area contributed by atoms with Crippen LogP contribution in [0.15, 0.2) is 60.2 Å². The van der Waals surface area contributed by atoms with Gasteiger partial charge in [0.25, 0.3) is 0 Å². The Hall–Kier alpha value is -2.05. The number of ether oxygens (including phenoxy) is 1. The number of halogens is 6. The van der Waals surface area contributed by atoms with Crippen LogP contribution in [0, 0.1) is 0 Å². The molecule has 0 aliphatic rings. The summed E-state index contributed by atoms with van der Waals surface area (Å²) in [7, 11) is -1.74. The zero-order valence-corrected chi connectivity index (χ0v) is 24.2. The summed E-state index contributed by atoms with van der Waals surface area (Å²) >= 11 is 0. The van der Waals surface area contributed by atoms with Crippen LogP contribution in [0.2, 0.25) is 0 Å². The lowest BCUT2D eigenvalue weighted by Crippen LogP contribution is -2.28. The molecule has 0 saturated carbocycles. The van der Waals surface area contributed by atoms with E-state index in [2.05, 4.69) is 0 Å². The van der Waals surface area contributed by atoms with Gasteiger partial charge in [0, 0.05) is 11.1 Å². The summed E-state index contributed by atoms with van der Waals surface area (Å²) in [4.78, 5) is 0. The number of allylic oxidation sites excluding steroid dienone is 2. The molecule has 214 valence electrons. The molecule has 0 bridgehead atoms. The highest BCUT2D eigenvalue weighted by Gasteiger charge is 2.37. The fourth-order valence-electron chi connectivity index (χ4n) is 3.15. The van der Waals surface area contributed by atoms with Gasteiger partial charge in [-0.15, -0.1) is 0 Å². The number of benzene rings is 2. The summed E-state index contributed by atoms with van der Waals surface area (Å²) in [6, 6.07) is 11.0. The smallest absolute Gasteiger partial charge is 0.373 e. The molecule has 2 aromatic rings. The van der Waals surface area contributed by atoms with Crippen molar-refractivity contribution < 1.29 is 35.6 Å². The van der Waals surface area contributed by atoms with Crippen molar-refractivity contribution in [2.24, 2.45) is 0 Å². The molecule has 0 amide bonds. The van der Waals surface area contributed by atoms with Gasteiger partial charge in [-0.25, -0.2) is 0 Å². The summed E-state index contributed by atoms with van der Waals surface area (Å²) in [5.74, 6) is 0. The fourth-order valence-corrected chi connectivity index (χ4v) is 3.15. The summed E-state index contributed by atoms with van der Waals surface area (Å²) in [6.45, 7) is 15.1. The lowest BCUT2D eigenvalue weighted by Gasteiger charge is -2.31. The van der Waals surface area contributed by atoms with Gasteiger partial charge in [-0.3, -0.25) is 0 Å². The highest BCUT2D eigenvalue weighted by Crippen LogP contribution is 2.41. The van der Waals surface area contributed by atoms with E-state index in [9.17, 15) is 30.9 Å². The van der Waals surface area contributed by atoms with E-state index < -0.39 is 42.1 Å². The van der Waals surface area contributed by atoms with Crippen LogP contribution in [-0.4, -0.2) is 25.6 Å². The first-order valence-electron chi connectivity index (χ1n) is 12.3. The van der Waals surface area contributed by atoms with E-state index >= 15 is 0 Å². The van der Waals surface area contributed by atoms with Crippen LogP contribution in [0.1, 0.15) is 76.3 Å². The first-order valence-corrected chi connectivity index (χ1v) is 15.0. The van der Waals surface area contributed by atoms with Gasteiger partial charge in [-0.05, 0) is 69.8 Å². The molecule has 38 heavy (non-hydrogen) atoms. The van der Waals surface area contributed by atoms with Gasteiger partial charge >= 0.3 is 12.4 Å². The molecule has 2 rings (SSSR count). The molecule has 2 nitrogen and oxygen atoms in total. The third-order valence-electron chi connectivity index (χ3n) is 6.41. The Labute approximate surface area is 222 Å². The Morgan fingerprint density at radius 2 is 1.32 bits per heavy atom. The molecule has 0 saturated heterocycles. The van der Waals surface area contributed by atoms with Gasteiger partial charge in [-0.1, -0.05) is 62.8 Å². The second-order valence-electron chi connectivity index (χ2n) is 10.7. The topological polar surface area (TPSA) is 26.3 Å². The van der Waals surface area contributed by atoms with E-state index in [0.717, 1.165) is 23.3 Å². The predicted octanol–water partition coefficient (Wildman–Crippen LogP) is 10.1. The molecular weight excluding hydrogens is 525 g/mol. The van der Waals surface area contributed by atoms with Crippen molar-refractivity contribution in [3.63, 3.8) is 0 Å². The van der Waals surface area contributed by atoms with E-state index in [1.807, 2.05) is 84.4 Å². The average molecular weight is 565 g/mol. The van der Waals surface area contributed by atoms with E-state index in [-0.39, 0.29) is 18.2 Å². The maximum atomic E-state index is 13.2. The third kappa shape index (κ3) is 11.0. The maximum Gasteiger partial charge on any atom is 0.416 e. The second-order valence-corrected chi connectivity index (χ2v) is 14.6. The minimum atomic E-state index is -4.89. The Morgan fingerprint density at radius 1 is 0.868 bits per heavy atom. The minimum Gasteiger partial charge on any atom is -0.373 e. The lowest BCUT2D eigenvalue weighted by atomic mass is 9.79. The van der Waals surface area contributed by atoms with E-state index in [1.54, 1.807) is 0 Å². The third-order valence-corrected chi connectivity index (χ3v) is 8.89. The molecule has 0 N–H and O–H groups in total. The predicted molar refractivity (Wildman–Crippen MR) is 143 cm³/mol. The maximum absolute atomic E-state index is 13.2. The van der Waals surface area contributed by atoms with Crippen molar-refractivity contribution in [2.45, 2.75) is 77.5 Å². The fraction of sp³-hybridized carbons (Fsp3) is 0.517. The lowest BCUT2D eigenvalue weighted by molar-refractivity contribution is -0.143. The first-order chi connectivity index (χ1) is 17.2. The Balaban J connectivity index is 0.000000905. The highest BCUT2D eigenvalue weighted by molar-refractivity contribution is 7.63. The molecule has 0 aliphatic heterocycles. The van der Waals surface area contributed by atoms with Crippen molar-refractivity contribution in [1.29, 1.82) is 0 Å². The Kier molecular flexibility index (Phi) is 11.9. The number of alkyl halides is 6. The van der Waals surface area contributed by atoms with E-state index in [4.69, 9.17) is 4.74 Å². The monoisotopic (exact) mass is 564 g/mol. The van der Waals surface area contributed by atoms with Crippen molar-refractivity contribution in [3.8, 4) is 0 Å². The van der Waals surface area contributed by atoms with Gasteiger partial charge in [0.2, 0.25) is 0 Å². The number of hydrogen-bond acceptors (Lipinski definition) is 2. The summed E-state index contributed by atoms with van der Waals surface area (Å²) in [5.41, 5.74) is -0.928. The van der Waals surface area contributed by atoms with Crippen LogP contribution in [0.4, 0.5) is 26.3 Å². The first kappa shape index (κ1) is 34.0. The van der Waals surface area contributed by atoms with Gasteiger partial charge in [-0.2, -0.15) is 26.3 Å². The summed E-state index contributed by atoms with van der Waals surface area (Å²) in [5, 5.41) is 0. The van der Waals surface area contributed by atoms with Gasteiger partial charge in [0.1, 0.15) is 0 Å². The van der Waals surface area contributed by atoms with Crippen molar-refractivity contribution >= 4 is 7.14 Å². The summed E-state index contributed by atoms with van der Waals surface area (Å²) < 4.78 is 95.7. The Morgan fingerprint density at radius 3 is 1.68 bits per heavy atom. The van der Waals surface area contributed by atoms with Crippen LogP contribution in [0.25, 0.3) is 0 Å². The van der Waals surface area contributed by atoms with Crippen LogP contribution in [-0.2, 0) is 27.1 Å². The van der Waals surface area contributed by atoms with E-state index in [0.29, 0.717) is 12.1 Å². The largest absolute Gasteiger partial charge is 0.416 e. The molecule has 0 spiro atoms. The van der Waals surface area contributed by atoms with Crippen molar-refractivity contribution in [2.75, 3.05) is 19.9 Å². The van der Waals surface area contributed by atoms with Crippen LogP contribution >= 0.6 is 7.14 Å². The molecule has 9 heteroatoms. The standard InChI is InChI=1S/C24H26F6O.C5H13OP/c1-16(2)10-11-22(4,19-8-6-5-7-9-19)15-31-17(3)18-12-20(23(25,26)27)14-21(13-18)24(28,29)30;1-5(2)7(3,4)6/h5-10,12-14,17H,11,15H2,1-4H3;5H,1-4H3/t17-,22+;/m1./s1. The molecule has 0 heterocycles. The van der Waals surface area contributed by atoms with Crippen LogP contribution < -0.4 is 0 Å². The Bertz CT molecular complexity index is 1060. The van der Waals surface area contributed by atoms with Crippen molar-refractivity contribution in [1.82, 2.24) is 0 Å². The van der Waals surface area contributed by atoms with E-state index in [1.165, 1.54) is 6.92 Å². The number of hydrogen-bond donors (Lipinski definition) is 0. The van der Waals surface area contributed by atoms with Crippen LogP contribution in [0.5, 0.6) is 0 Å².